The van der Waals surface area contributed by atoms with Crippen molar-refractivity contribution in [2.75, 3.05) is 0 Å². The average Bonchev–Trinajstić information content (AvgIpc) is 1.58. The van der Waals surface area contributed by atoms with Gasteiger partial charge in [-0.1, -0.05) is 70.2 Å². The number of aryl methyl sites for hydroxylation is 2. The molecule has 16 saturated carbocycles. The minimum atomic E-state index is -0.437. The number of Topliss-reactive ketones (excluding diaryl/α,β-unsaturated/α-hetero) is 4. The number of hydrogen-bond acceptors (Lipinski definition) is 12. The van der Waals surface area contributed by atoms with Gasteiger partial charge in [0.15, 0.2) is 0 Å². The SMILES string of the molecule is C[C@@]1(O)CC[C@H]2[C@H](CC[C@@H]3[C@@H]2CC[C@]2(C)[C@@H](C(=O)Cc4ccccc4)CC[C@@H]32)C1.C[C@@]1(O)CC[C@H]2[C@H](CC[C@@H]3[C@@H]2CC[C@]2(C)[C@@H](C(=O)Cc4ccccn4)CC[C@@H]32)C1.C[C@@]1(O)CC[C@H]2[C@H](CC[C@@H]3[C@@H]2CC[C@]2(C)[C@@H](C(=O)Cc4cccs4)CC[C@@H]32)C1.Cc1nc(CC(=O)[C@H]2CC[C@H]3[C@@H]4CC[C@@H]5C[C@](C)(O)CC[C@@H]5[C@H]4CC[C@]23C)sc1C. The number of thiazole rings is 1. The third-order valence-corrected chi connectivity index (χ3v) is 41.1. The lowest BCUT2D eigenvalue weighted by molar-refractivity contribution is -0.132. The van der Waals surface area contributed by atoms with E-state index in [0.29, 0.717) is 48.8 Å². The van der Waals surface area contributed by atoms with Crippen LogP contribution in [0.25, 0.3) is 0 Å². The second-order valence-electron chi connectivity index (χ2n) is 45.6. The van der Waals surface area contributed by atoms with Crippen molar-refractivity contribution in [2.45, 2.75) is 348 Å². The van der Waals surface area contributed by atoms with E-state index in [0.717, 1.165) is 212 Å². The van der Waals surface area contributed by atoms with Crippen molar-refractivity contribution in [1.29, 1.82) is 0 Å². The molecule has 116 heavy (non-hydrogen) atoms. The van der Waals surface area contributed by atoms with Crippen molar-refractivity contribution in [3.8, 4) is 0 Å². The highest BCUT2D eigenvalue weighted by Gasteiger charge is 2.64. The molecule has 636 valence electrons. The molecule has 4 aromatic rings. The van der Waals surface area contributed by atoms with Gasteiger partial charge >= 0.3 is 0 Å². The Hall–Kier alpha value is -3.78. The van der Waals surface area contributed by atoms with Gasteiger partial charge in [-0.05, 0) is 442 Å². The summed E-state index contributed by atoms with van der Waals surface area (Å²) in [5, 5.41) is 45.4. The summed E-state index contributed by atoms with van der Waals surface area (Å²) >= 11 is 3.44. The van der Waals surface area contributed by atoms with Crippen LogP contribution in [0.4, 0.5) is 0 Å². The number of thiophene rings is 1. The molecule has 0 unspecified atom stereocenters. The molecule has 4 N–H and O–H groups in total. The number of benzene rings is 1. The monoisotopic (exact) mass is 1620 g/mol. The lowest BCUT2D eigenvalue weighted by atomic mass is 9.49. The normalized spacial score (nSPS) is 46.5. The highest BCUT2D eigenvalue weighted by Crippen LogP contribution is 2.70. The first-order valence-electron chi connectivity index (χ1n) is 48.2. The number of pyridine rings is 1. The molecular formula is C104H150N2O8S2. The predicted molar refractivity (Wildman–Crippen MR) is 466 cm³/mol. The Morgan fingerprint density at radius 1 is 0.353 bits per heavy atom. The van der Waals surface area contributed by atoms with Gasteiger partial charge < -0.3 is 20.4 Å². The summed E-state index contributed by atoms with van der Waals surface area (Å²) in [6, 6.07) is 20.4. The number of nitrogens with zero attached hydrogens (tertiary/aromatic N) is 2. The van der Waals surface area contributed by atoms with Crippen LogP contribution in [0.5, 0.6) is 0 Å². The zero-order chi connectivity index (χ0) is 81.2. The topological polar surface area (TPSA) is 175 Å². The van der Waals surface area contributed by atoms with Crippen molar-refractivity contribution >= 4 is 45.8 Å². The van der Waals surface area contributed by atoms with E-state index in [1.165, 1.54) is 169 Å². The maximum atomic E-state index is 13.4. The molecule has 3 aromatic heterocycles. The minimum absolute atomic E-state index is 0.194. The van der Waals surface area contributed by atoms with Gasteiger partial charge in [0.2, 0.25) is 0 Å². The molecule has 32 atom stereocenters. The molecule has 1 aromatic carbocycles. The van der Waals surface area contributed by atoms with Gasteiger partial charge in [-0.3, -0.25) is 24.2 Å². The second kappa shape index (κ2) is 33.0. The summed E-state index contributed by atoms with van der Waals surface area (Å²) in [4.78, 5) is 64.7. The molecule has 20 rings (SSSR count). The largest absolute Gasteiger partial charge is 0.390 e. The van der Waals surface area contributed by atoms with Gasteiger partial charge in [-0.15, -0.1) is 22.7 Å². The lowest BCUT2D eigenvalue weighted by Gasteiger charge is -2.56. The lowest BCUT2D eigenvalue weighted by Crippen LogP contribution is -2.51. The fourth-order valence-corrected chi connectivity index (χ4v) is 35.4. The van der Waals surface area contributed by atoms with Crippen LogP contribution in [0.15, 0.2) is 72.2 Å². The fourth-order valence-electron chi connectivity index (χ4n) is 33.8. The molecule has 0 radical (unpaired) electrons. The number of ketones is 4. The van der Waals surface area contributed by atoms with Gasteiger partial charge in [0, 0.05) is 64.6 Å². The summed E-state index contributed by atoms with van der Waals surface area (Å²) in [6.07, 6.45) is 47.1. The Bertz CT molecular complexity index is 3960. The minimum Gasteiger partial charge on any atom is -0.390 e. The first-order chi connectivity index (χ1) is 55.3. The highest BCUT2D eigenvalue weighted by atomic mass is 32.1. The molecule has 0 spiro atoms. The van der Waals surface area contributed by atoms with E-state index in [4.69, 9.17) is 0 Å². The number of hydrogen-bond donors (Lipinski definition) is 4. The van der Waals surface area contributed by atoms with Gasteiger partial charge in [-0.2, -0.15) is 0 Å². The second-order valence-corrected chi connectivity index (χ2v) is 47.9. The smallest absolute Gasteiger partial charge is 0.143 e. The van der Waals surface area contributed by atoms with Crippen molar-refractivity contribution in [2.24, 2.45) is 164 Å². The van der Waals surface area contributed by atoms with Crippen molar-refractivity contribution < 1.29 is 39.6 Å². The summed E-state index contributed by atoms with van der Waals surface area (Å²) in [7, 11) is 0. The Balaban J connectivity index is 0.000000111. The zero-order valence-corrected chi connectivity index (χ0v) is 74.8. The first-order valence-corrected chi connectivity index (χ1v) is 49.9. The number of carbonyl (C=O) groups is 4. The molecule has 16 fully saturated rings. The van der Waals surface area contributed by atoms with E-state index < -0.39 is 22.4 Å². The Kier molecular flexibility index (Phi) is 24.1. The molecule has 0 aliphatic heterocycles. The van der Waals surface area contributed by atoms with Crippen LogP contribution in [-0.2, 0) is 44.9 Å². The Morgan fingerprint density at radius 3 is 1.03 bits per heavy atom. The standard InChI is InChI=1S/C27H38O2.C26H39NO2S.C26H37NO2.C25H36O2S/c1-26(29)14-12-20-19(17-26)8-9-22-21(20)13-15-27(2)23(22)10-11-24(27)25(28)16-18-6-4-3-5-7-18;1-15-16(2)30-24(27-15)13-23(28)22-8-7-21-20-6-5-17-14-25(3,29)11-9-18(17)19(20)10-12-26(21,22)4;1-25(29)12-10-19-17(16-25)6-7-21-20(19)11-13-26(2)22(21)8-9-23(26)24(28)15-18-5-3-4-14-27-18;1-24(27)11-9-18-16(15-24)5-6-20-19(18)10-12-25(2)21(20)7-8-22(25)23(26)14-17-4-3-13-28-17/h3-7,19-24,29H,8-17H2,1-2H3;17-22,29H,5-14H2,1-4H3;3-5,14,17,19-23,29H,6-13,15-16H2,1-2H3;3-4,13,16,18-22,27H,5-12,14-15H2,1-2H3/t19-,20+,21-,22-,23+,24-,26-,27+;17-,18+,19-,20-,21+,22-,25-,26+;17-,19+,20-,21-,22+,23-,25-,26+;16-,18+,19-,20-,21+,22-,24-,25+/m1111/s1. The molecule has 3 heterocycles. The van der Waals surface area contributed by atoms with E-state index in [1.54, 1.807) is 28.9 Å². The van der Waals surface area contributed by atoms with E-state index in [2.05, 4.69) is 81.2 Å². The quantitative estimate of drug-likeness (QED) is 0.107. The van der Waals surface area contributed by atoms with E-state index in [1.807, 2.05) is 64.1 Å². The maximum Gasteiger partial charge on any atom is 0.143 e. The first kappa shape index (κ1) is 84.4. The van der Waals surface area contributed by atoms with Gasteiger partial charge in [-0.25, -0.2) is 4.98 Å². The van der Waals surface area contributed by atoms with Crippen molar-refractivity contribution in [1.82, 2.24) is 9.97 Å². The summed E-state index contributed by atoms with van der Waals surface area (Å²) in [6.45, 7) is 22.2. The van der Waals surface area contributed by atoms with Crippen LogP contribution < -0.4 is 0 Å². The van der Waals surface area contributed by atoms with E-state index in [-0.39, 0.29) is 45.3 Å². The Labute approximate surface area is 706 Å². The van der Waals surface area contributed by atoms with Crippen molar-refractivity contribution in [3.63, 3.8) is 0 Å². The molecule has 12 heteroatoms. The van der Waals surface area contributed by atoms with Crippen LogP contribution >= 0.6 is 22.7 Å². The summed E-state index contributed by atoms with van der Waals surface area (Å²) in [5.74, 6) is 18.8. The van der Waals surface area contributed by atoms with Gasteiger partial charge in [0.1, 0.15) is 28.1 Å². The van der Waals surface area contributed by atoms with Crippen LogP contribution in [0.3, 0.4) is 0 Å². The number of aliphatic hydroxyl groups is 4. The molecule has 16 aliphatic rings. The third kappa shape index (κ3) is 16.4. The van der Waals surface area contributed by atoms with Crippen molar-refractivity contribution in [3.05, 3.63) is 104 Å². The number of carbonyl (C=O) groups excluding carboxylic acids is 4. The molecule has 0 saturated heterocycles. The van der Waals surface area contributed by atoms with Gasteiger partial charge in [0.05, 0.1) is 34.5 Å². The highest BCUT2D eigenvalue weighted by molar-refractivity contribution is 7.11. The predicted octanol–water partition coefficient (Wildman–Crippen LogP) is 22.8. The number of aromatic nitrogens is 2. The average molecular weight is 1620 g/mol. The molecule has 16 aliphatic carbocycles. The fraction of sp³-hybridized carbons (Fsp3) is 0.788. The summed E-state index contributed by atoms with van der Waals surface area (Å²) < 4.78 is 0. The van der Waals surface area contributed by atoms with Crippen LogP contribution in [0.2, 0.25) is 0 Å². The zero-order valence-electron chi connectivity index (χ0n) is 73.2. The number of fused-ring (bicyclic) bond motifs is 20. The van der Waals surface area contributed by atoms with Crippen LogP contribution in [0.1, 0.15) is 318 Å². The third-order valence-electron chi connectivity index (χ3n) is 39.1. The van der Waals surface area contributed by atoms with Gasteiger partial charge in [0.25, 0.3) is 0 Å². The maximum absolute atomic E-state index is 13.4. The number of rotatable bonds is 12. The van der Waals surface area contributed by atoms with Crippen LogP contribution in [-0.4, -0.2) is 75.9 Å². The molecule has 0 bridgehead atoms. The van der Waals surface area contributed by atoms with E-state index >= 15 is 0 Å². The van der Waals surface area contributed by atoms with E-state index in [9.17, 15) is 39.6 Å². The molecule has 0 amide bonds. The molecular weight excluding hydrogens is 1470 g/mol. The molecule has 10 nitrogen and oxygen atoms in total. The Morgan fingerprint density at radius 2 is 0.698 bits per heavy atom. The van der Waals surface area contributed by atoms with Crippen LogP contribution in [0, 0.1) is 178 Å². The summed E-state index contributed by atoms with van der Waals surface area (Å²) in [5.41, 5.74) is 2.31.